The van der Waals surface area contributed by atoms with Crippen LogP contribution >= 0.6 is 0 Å². The van der Waals surface area contributed by atoms with Gasteiger partial charge in [-0.25, -0.2) is 0 Å². The minimum Gasteiger partial charge on any atom is -0.337 e. The van der Waals surface area contributed by atoms with Crippen LogP contribution in [0.3, 0.4) is 0 Å². The van der Waals surface area contributed by atoms with Crippen LogP contribution in [0, 0.1) is 12.3 Å². The van der Waals surface area contributed by atoms with Gasteiger partial charge in [-0.2, -0.15) is 0 Å². The number of hydrogen-bond acceptors (Lipinski definition) is 4. The number of carbonyl (C=O) groups is 1. The summed E-state index contributed by atoms with van der Waals surface area (Å²) in [7, 11) is 1.99. The molecule has 1 aliphatic carbocycles. The average Bonchev–Trinajstić information content (AvgIpc) is 3.28. The van der Waals surface area contributed by atoms with Gasteiger partial charge in [-0.15, -0.1) is 10.2 Å². The molecule has 1 saturated heterocycles. The topological polar surface area (TPSA) is 63.9 Å². The maximum absolute atomic E-state index is 13.0. The fourth-order valence-corrected chi connectivity index (χ4v) is 4.53. The van der Waals surface area contributed by atoms with Crippen LogP contribution in [0.4, 0.5) is 0 Å². The van der Waals surface area contributed by atoms with E-state index in [1.807, 2.05) is 29.5 Å². The van der Waals surface area contributed by atoms with Crippen molar-refractivity contribution in [3.05, 3.63) is 41.7 Å². The van der Waals surface area contributed by atoms with E-state index in [4.69, 9.17) is 0 Å². The summed E-state index contributed by atoms with van der Waals surface area (Å²) in [4.78, 5) is 19.2. The largest absolute Gasteiger partial charge is 0.337 e. The summed E-state index contributed by atoms with van der Waals surface area (Å²) < 4.78 is 2.01. The second-order valence-electron chi connectivity index (χ2n) is 7.36. The third-order valence-electron chi connectivity index (χ3n) is 5.71. The molecule has 1 amide bonds. The van der Waals surface area contributed by atoms with Gasteiger partial charge in [0.15, 0.2) is 0 Å². The second kappa shape index (κ2) is 5.69. The smallest absolute Gasteiger partial charge is 0.255 e. The molecule has 0 N–H and O–H groups in total. The van der Waals surface area contributed by atoms with Crippen LogP contribution < -0.4 is 0 Å². The van der Waals surface area contributed by atoms with Crippen LogP contribution in [0.25, 0.3) is 0 Å². The molecule has 2 aromatic rings. The molecule has 24 heavy (non-hydrogen) atoms. The minimum absolute atomic E-state index is 0.0853. The molecule has 1 atom stereocenters. The Morgan fingerprint density at radius 3 is 2.75 bits per heavy atom. The van der Waals surface area contributed by atoms with Crippen molar-refractivity contribution in [2.45, 2.75) is 38.5 Å². The van der Waals surface area contributed by atoms with Crippen LogP contribution in [0.2, 0.25) is 0 Å². The number of aromatic nitrogens is 4. The van der Waals surface area contributed by atoms with Gasteiger partial charge in [-0.05, 0) is 36.8 Å². The molecule has 2 aliphatic rings. The van der Waals surface area contributed by atoms with Gasteiger partial charge < -0.3 is 9.47 Å². The van der Waals surface area contributed by atoms with Crippen LogP contribution in [0.5, 0.6) is 0 Å². The molecule has 6 heteroatoms. The SMILES string of the molecule is Cc1cncc(C(=O)N2CC(c3nncn3C)C3(CCCC3)C2)c1. The molecule has 1 saturated carbocycles. The molecule has 6 nitrogen and oxygen atoms in total. The summed E-state index contributed by atoms with van der Waals surface area (Å²) in [6.45, 7) is 3.51. The molecule has 1 unspecified atom stereocenters. The molecule has 1 spiro atoms. The van der Waals surface area contributed by atoms with Crippen molar-refractivity contribution in [1.29, 1.82) is 0 Å². The van der Waals surface area contributed by atoms with Crippen LogP contribution in [0.15, 0.2) is 24.8 Å². The van der Waals surface area contributed by atoms with Crippen molar-refractivity contribution in [2.75, 3.05) is 13.1 Å². The number of nitrogens with zero attached hydrogens (tertiary/aromatic N) is 5. The number of hydrogen-bond donors (Lipinski definition) is 0. The van der Waals surface area contributed by atoms with E-state index in [2.05, 4.69) is 15.2 Å². The van der Waals surface area contributed by atoms with Crippen molar-refractivity contribution >= 4 is 5.91 Å². The molecule has 3 heterocycles. The molecule has 1 aliphatic heterocycles. The molecular weight excluding hydrogens is 302 g/mol. The first kappa shape index (κ1) is 15.3. The number of pyridine rings is 1. The Morgan fingerprint density at radius 2 is 2.08 bits per heavy atom. The Labute approximate surface area is 141 Å². The van der Waals surface area contributed by atoms with Crippen molar-refractivity contribution in [3.8, 4) is 0 Å². The highest BCUT2D eigenvalue weighted by Crippen LogP contribution is 2.53. The van der Waals surface area contributed by atoms with Gasteiger partial charge in [0.1, 0.15) is 12.2 Å². The summed E-state index contributed by atoms with van der Waals surface area (Å²) >= 11 is 0. The summed E-state index contributed by atoms with van der Waals surface area (Å²) in [5, 5.41) is 8.42. The van der Waals surface area contributed by atoms with E-state index in [1.165, 1.54) is 25.7 Å². The summed E-state index contributed by atoms with van der Waals surface area (Å²) in [6, 6.07) is 1.92. The zero-order valence-corrected chi connectivity index (χ0v) is 14.3. The van der Waals surface area contributed by atoms with Gasteiger partial charge >= 0.3 is 0 Å². The first-order valence-electron chi connectivity index (χ1n) is 8.64. The molecular formula is C18H23N5O. The van der Waals surface area contributed by atoms with Crippen LogP contribution in [-0.4, -0.2) is 43.6 Å². The predicted molar refractivity (Wildman–Crippen MR) is 89.5 cm³/mol. The lowest BCUT2D eigenvalue weighted by molar-refractivity contribution is 0.0772. The van der Waals surface area contributed by atoms with Crippen molar-refractivity contribution < 1.29 is 4.79 Å². The first-order valence-corrected chi connectivity index (χ1v) is 8.64. The van der Waals surface area contributed by atoms with Gasteiger partial charge in [0.25, 0.3) is 5.91 Å². The van der Waals surface area contributed by atoms with E-state index in [9.17, 15) is 4.79 Å². The number of amides is 1. The van der Waals surface area contributed by atoms with Gasteiger partial charge in [0.05, 0.1) is 5.56 Å². The quantitative estimate of drug-likeness (QED) is 0.850. The molecule has 4 rings (SSSR count). The van der Waals surface area contributed by atoms with Crippen molar-refractivity contribution in [1.82, 2.24) is 24.6 Å². The van der Waals surface area contributed by atoms with Crippen LogP contribution in [-0.2, 0) is 7.05 Å². The minimum atomic E-state index is 0.0853. The molecule has 2 aromatic heterocycles. The van der Waals surface area contributed by atoms with Gasteiger partial charge in [0.2, 0.25) is 0 Å². The van der Waals surface area contributed by atoms with E-state index in [-0.39, 0.29) is 17.2 Å². The predicted octanol–water partition coefficient (Wildman–Crippen LogP) is 2.32. The van der Waals surface area contributed by atoms with E-state index >= 15 is 0 Å². The van der Waals surface area contributed by atoms with E-state index < -0.39 is 0 Å². The van der Waals surface area contributed by atoms with E-state index in [0.29, 0.717) is 5.56 Å². The number of likely N-dealkylation sites (tertiary alicyclic amines) is 1. The van der Waals surface area contributed by atoms with Gasteiger partial charge in [-0.1, -0.05) is 12.8 Å². The van der Waals surface area contributed by atoms with Crippen molar-refractivity contribution in [3.63, 3.8) is 0 Å². The number of aryl methyl sites for hydroxylation is 2. The lowest BCUT2D eigenvalue weighted by Gasteiger charge is -2.28. The normalized spacial score (nSPS) is 22.4. The third kappa shape index (κ3) is 2.41. The zero-order chi connectivity index (χ0) is 16.7. The Hall–Kier alpha value is -2.24. The standard InChI is InChI=1S/C18H23N5O/c1-13-7-14(9-19-8-13)17(24)23-10-15(16-21-20-12-22(16)2)18(11-23)5-3-4-6-18/h7-9,12,15H,3-6,10-11H2,1-2H3. The molecule has 0 radical (unpaired) electrons. The van der Waals surface area contributed by atoms with Gasteiger partial charge in [0, 0.05) is 38.4 Å². The Bertz CT molecular complexity index is 762. The van der Waals surface area contributed by atoms with E-state index in [0.717, 1.165) is 24.5 Å². The zero-order valence-electron chi connectivity index (χ0n) is 14.3. The lowest BCUT2D eigenvalue weighted by atomic mass is 9.76. The van der Waals surface area contributed by atoms with E-state index in [1.54, 1.807) is 18.7 Å². The Morgan fingerprint density at radius 1 is 1.29 bits per heavy atom. The number of rotatable bonds is 2. The Kier molecular flexibility index (Phi) is 3.62. The lowest BCUT2D eigenvalue weighted by Crippen LogP contribution is -2.31. The highest BCUT2D eigenvalue weighted by Gasteiger charge is 2.51. The van der Waals surface area contributed by atoms with Crippen molar-refractivity contribution in [2.24, 2.45) is 12.5 Å². The highest BCUT2D eigenvalue weighted by molar-refractivity contribution is 5.94. The summed E-state index contributed by atoms with van der Waals surface area (Å²) in [5.74, 6) is 1.37. The highest BCUT2D eigenvalue weighted by atomic mass is 16.2. The monoisotopic (exact) mass is 325 g/mol. The maximum atomic E-state index is 13.0. The average molecular weight is 325 g/mol. The molecule has 126 valence electrons. The first-order chi connectivity index (χ1) is 11.6. The fourth-order valence-electron chi connectivity index (χ4n) is 4.53. The molecule has 0 bridgehead atoms. The summed E-state index contributed by atoms with van der Waals surface area (Å²) in [6.07, 6.45) is 10.0. The molecule has 0 aromatic carbocycles. The summed E-state index contributed by atoms with van der Waals surface area (Å²) in [5.41, 5.74) is 1.86. The molecule has 2 fully saturated rings. The third-order valence-corrected chi connectivity index (χ3v) is 5.71. The van der Waals surface area contributed by atoms with Crippen LogP contribution in [0.1, 0.15) is 53.3 Å². The maximum Gasteiger partial charge on any atom is 0.255 e. The van der Waals surface area contributed by atoms with Gasteiger partial charge in [-0.3, -0.25) is 9.78 Å². The Balaban J connectivity index is 1.65. The second-order valence-corrected chi connectivity index (χ2v) is 7.36. The number of carbonyl (C=O) groups excluding carboxylic acids is 1. The fraction of sp³-hybridized carbons (Fsp3) is 0.556.